The van der Waals surface area contributed by atoms with E-state index >= 15 is 0 Å². The van der Waals surface area contributed by atoms with Gasteiger partial charge in [0.2, 0.25) is 0 Å². The molecule has 2 unspecified atom stereocenters. The Hall–Kier alpha value is -0.570. The van der Waals surface area contributed by atoms with E-state index in [1.165, 1.54) is 0 Å². The molecule has 2 rings (SSSR count). The predicted octanol–water partition coefficient (Wildman–Crippen LogP) is -0.0195. The van der Waals surface area contributed by atoms with Crippen molar-refractivity contribution in [3.63, 3.8) is 0 Å². The first-order chi connectivity index (χ1) is 4.38. The first-order valence-corrected chi connectivity index (χ1v) is 3.29. The maximum Gasteiger partial charge on any atom is 0.149 e. The average Bonchev–Trinajstić information content (AvgIpc) is 2.35. The fourth-order valence-corrected chi connectivity index (χ4v) is 1.40. The Bertz CT molecular complexity index is 155. The van der Waals surface area contributed by atoms with Crippen LogP contribution in [-0.2, 0) is 4.84 Å². The number of rotatable bonds is 0. The van der Waals surface area contributed by atoms with Crippen LogP contribution in [0.1, 0.15) is 6.92 Å². The van der Waals surface area contributed by atoms with Crippen molar-refractivity contribution in [1.29, 1.82) is 0 Å². The van der Waals surface area contributed by atoms with Crippen molar-refractivity contribution in [2.24, 2.45) is 11.1 Å². The van der Waals surface area contributed by atoms with Gasteiger partial charge >= 0.3 is 0 Å². The van der Waals surface area contributed by atoms with Gasteiger partial charge < -0.3 is 10.2 Å². The molecule has 3 nitrogen and oxygen atoms in total. The molecule has 0 aromatic carbocycles. The highest BCUT2D eigenvalue weighted by Crippen LogP contribution is 2.20. The highest BCUT2D eigenvalue weighted by molar-refractivity contribution is 5.86. The van der Waals surface area contributed by atoms with Crippen molar-refractivity contribution < 1.29 is 4.84 Å². The summed E-state index contributed by atoms with van der Waals surface area (Å²) in [5.74, 6) is 0.560. The molecule has 0 spiro atoms. The number of hydrogen-bond donors (Lipinski definition) is 1. The van der Waals surface area contributed by atoms with E-state index in [9.17, 15) is 0 Å². The van der Waals surface area contributed by atoms with Gasteiger partial charge in [0.05, 0.1) is 11.6 Å². The number of nitrogens with zero attached hydrogens (tertiary/aromatic N) is 1. The number of fused-ring (bicyclic) bond motifs is 1. The summed E-state index contributed by atoms with van der Waals surface area (Å²) >= 11 is 0. The minimum absolute atomic E-state index is 0.338. The third kappa shape index (κ3) is 0.645. The zero-order valence-corrected chi connectivity index (χ0v) is 5.42. The Balaban J connectivity index is 2.16. The summed E-state index contributed by atoms with van der Waals surface area (Å²) in [5.41, 5.74) is 1.14. The van der Waals surface area contributed by atoms with Crippen molar-refractivity contribution in [3.8, 4) is 0 Å². The van der Waals surface area contributed by atoms with Gasteiger partial charge in [0.1, 0.15) is 6.10 Å². The molecule has 2 aliphatic rings. The van der Waals surface area contributed by atoms with Crippen LogP contribution in [-0.4, -0.2) is 24.9 Å². The average molecular weight is 126 g/mol. The van der Waals surface area contributed by atoms with Crippen LogP contribution in [0.5, 0.6) is 0 Å². The Morgan fingerprint density at radius 3 is 3.33 bits per heavy atom. The van der Waals surface area contributed by atoms with Gasteiger partial charge in [-0.3, -0.25) is 0 Å². The van der Waals surface area contributed by atoms with Crippen LogP contribution in [0.2, 0.25) is 0 Å². The zero-order valence-electron chi connectivity index (χ0n) is 5.42. The predicted molar refractivity (Wildman–Crippen MR) is 34.3 cm³/mol. The van der Waals surface area contributed by atoms with E-state index in [2.05, 4.69) is 10.5 Å². The molecule has 1 saturated heterocycles. The van der Waals surface area contributed by atoms with E-state index in [4.69, 9.17) is 4.84 Å². The van der Waals surface area contributed by atoms with E-state index < -0.39 is 0 Å². The van der Waals surface area contributed by atoms with Gasteiger partial charge in [-0.05, 0) is 6.92 Å². The van der Waals surface area contributed by atoms with E-state index in [1.54, 1.807) is 0 Å². The Morgan fingerprint density at radius 1 is 1.67 bits per heavy atom. The summed E-state index contributed by atoms with van der Waals surface area (Å²) in [7, 11) is 0. The smallest absolute Gasteiger partial charge is 0.149 e. The number of oxime groups is 1. The third-order valence-electron chi connectivity index (χ3n) is 2.03. The van der Waals surface area contributed by atoms with Crippen LogP contribution in [0.25, 0.3) is 0 Å². The second-order valence-corrected chi connectivity index (χ2v) is 2.64. The quantitative estimate of drug-likeness (QED) is 0.495. The summed E-state index contributed by atoms with van der Waals surface area (Å²) in [6.45, 7) is 4.03. The molecule has 0 bridgehead atoms. The fraction of sp³-hybridized carbons (Fsp3) is 0.833. The lowest BCUT2D eigenvalue weighted by Crippen LogP contribution is -2.18. The van der Waals surface area contributed by atoms with Gasteiger partial charge in [0, 0.05) is 13.1 Å². The Morgan fingerprint density at radius 2 is 2.56 bits per heavy atom. The second kappa shape index (κ2) is 1.70. The minimum atomic E-state index is 0.338. The number of hydrogen-bond acceptors (Lipinski definition) is 3. The molecule has 0 saturated carbocycles. The molecule has 2 atom stereocenters. The van der Waals surface area contributed by atoms with Gasteiger partial charge in [0.25, 0.3) is 0 Å². The second-order valence-electron chi connectivity index (χ2n) is 2.64. The van der Waals surface area contributed by atoms with Crippen LogP contribution in [0.3, 0.4) is 0 Å². The molecule has 3 heteroatoms. The standard InChI is InChI=1S/C6H10N2O/c1-4-5-2-7-3-6(5)9-8-4/h5-7H,2-3H2,1H3. The molecule has 2 aliphatic heterocycles. The van der Waals surface area contributed by atoms with Gasteiger partial charge in [-0.25, -0.2) is 0 Å². The molecule has 2 heterocycles. The molecule has 0 radical (unpaired) electrons. The molecule has 0 aromatic heterocycles. The Labute approximate surface area is 54.1 Å². The molecule has 1 fully saturated rings. The summed E-state index contributed by atoms with van der Waals surface area (Å²) in [4.78, 5) is 5.11. The molecule has 0 aromatic rings. The first kappa shape index (κ1) is 5.23. The highest BCUT2D eigenvalue weighted by atomic mass is 16.6. The molecule has 0 amide bonds. The van der Waals surface area contributed by atoms with E-state index in [1.807, 2.05) is 6.92 Å². The highest BCUT2D eigenvalue weighted by Gasteiger charge is 2.35. The fourth-order valence-electron chi connectivity index (χ4n) is 1.40. The maximum absolute atomic E-state index is 5.11. The zero-order chi connectivity index (χ0) is 6.27. The first-order valence-electron chi connectivity index (χ1n) is 3.29. The SMILES string of the molecule is CC1=NOC2CNCC12. The van der Waals surface area contributed by atoms with Crippen molar-refractivity contribution in [1.82, 2.24) is 5.32 Å². The van der Waals surface area contributed by atoms with Gasteiger partial charge in [-0.2, -0.15) is 0 Å². The van der Waals surface area contributed by atoms with Crippen LogP contribution < -0.4 is 5.32 Å². The number of nitrogens with one attached hydrogen (secondary N) is 1. The molecule has 50 valence electrons. The summed E-state index contributed by atoms with van der Waals surface area (Å²) < 4.78 is 0. The largest absolute Gasteiger partial charge is 0.390 e. The van der Waals surface area contributed by atoms with E-state index in [-0.39, 0.29) is 0 Å². The molecule has 1 N–H and O–H groups in total. The van der Waals surface area contributed by atoms with E-state index in [0.717, 1.165) is 18.8 Å². The lowest BCUT2D eigenvalue weighted by atomic mass is 10.0. The van der Waals surface area contributed by atoms with Crippen molar-refractivity contribution in [2.45, 2.75) is 13.0 Å². The molecular weight excluding hydrogens is 116 g/mol. The summed E-state index contributed by atoms with van der Waals surface area (Å²) in [5, 5.41) is 7.15. The van der Waals surface area contributed by atoms with Crippen molar-refractivity contribution >= 4 is 5.71 Å². The summed E-state index contributed by atoms with van der Waals surface area (Å²) in [6.07, 6.45) is 0.338. The van der Waals surface area contributed by atoms with Crippen molar-refractivity contribution in [3.05, 3.63) is 0 Å². The molecule has 0 aliphatic carbocycles. The topological polar surface area (TPSA) is 33.6 Å². The lowest BCUT2D eigenvalue weighted by molar-refractivity contribution is 0.0841. The van der Waals surface area contributed by atoms with Crippen LogP contribution >= 0.6 is 0 Å². The molecule has 9 heavy (non-hydrogen) atoms. The van der Waals surface area contributed by atoms with Gasteiger partial charge in [-0.1, -0.05) is 5.16 Å². The van der Waals surface area contributed by atoms with Crippen LogP contribution in [0, 0.1) is 5.92 Å². The van der Waals surface area contributed by atoms with Gasteiger partial charge in [-0.15, -0.1) is 0 Å². The van der Waals surface area contributed by atoms with Crippen LogP contribution in [0.15, 0.2) is 5.16 Å². The lowest BCUT2D eigenvalue weighted by Gasteiger charge is -2.02. The molecular formula is C6H10N2O. The minimum Gasteiger partial charge on any atom is -0.390 e. The van der Waals surface area contributed by atoms with Crippen LogP contribution in [0.4, 0.5) is 0 Å². The normalized spacial score (nSPS) is 39.9. The third-order valence-corrected chi connectivity index (χ3v) is 2.03. The van der Waals surface area contributed by atoms with Gasteiger partial charge in [0.15, 0.2) is 0 Å². The summed E-state index contributed by atoms with van der Waals surface area (Å²) in [6, 6.07) is 0. The maximum atomic E-state index is 5.11. The monoisotopic (exact) mass is 126 g/mol. The van der Waals surface area contributed by atoms with Crippen molar-refractivity contribution in [2.75, 3.05) is 13.1 Å². The van der Waals surface area contributed by atoms with E-state index in [0.29, 0.717) is 12.0 Å². The Kier molecular flexibility index (Phi) is 0.990.